The zero-order valence-electron chi connectivity index (χ0n) is 14.7. The molecule has 0 fully saturated rings. The lowest BCUT2D eigenvalue weighted by atomic mass is 10.1. The number of hydrogen-bond donors (Lipinski definition) is 0. The minimum absolute atomic E-state index is 0.0317. The van der Waals surface area contributed by atoms with Gasteiger partial charge < -0.3 is 14.4 Å². The van der Waals surface area contributed by atoms with Gasteiger partial charge in [0.15, 0.2) is 6.61 Å². The number of carbonyl (C=O) groups is 3. The maximum Gasteiger partial charge on any atom is 0.339 e. The van der Waals surface area contributed by atoms with Gasteiger partial charge in [-0.05, 0) is 29.8 Å². The molecule has 0 radical (unpaired) electrons. The van der Waals surface area contributed by atoms with Crippen molar-refractivity contribution in [2.45, 2.75) is 6.54 Å². The number of halogens is 2. The van der Waals surface area contributed by atoms with Crippen LogP contribution in [0, 0.1) is 0 Å². The maximum absolute atomic E-state index is 12.2. The van der Waals surface area contributed by atoms with Crippen molar-refractivity contribution in [1.29, 1.82) is 0 Å². The van der Waals surface area contributed by atoms with E-state index >= 15 is 0 Å². The molecule has 2 aromatic carbocycles. The number of likely N-dealkylation sites (N-methyl/N-ethyl adjacent to an activating group) is 1. The second-order valence-electron chi connectivity index (χ2n) is 5.61. The molecule has 1 amide bonds. The van der Waals surface area contributed by atoms with Crippen molar-refractivity contribution in [1.82, 2.24) is 4.90 Å². The summed E-state index contributed by atoms with van der Waals surface area (Å²) < 4.78 is 9.68. The van der Waals surface area contributed by atoms with Crippen LogP contribution >= 0.6 is 23.2 Å². The van der Waals surface area contributed by atoms with Gasteiger partial charge in [0.1, 0.15) is 0 Å². The molecule has 8 heteroatoms. The highest BCUT2D eigenvalue weighted by Crippen LogP contribution is 2.23. The van der Waals surface area contributed by atoms with Gasteiger partial charge in [-0.1, -0.05) is 41.4 Å². The molecule has 0 saturated heterocycles. The molecular weight excluding hydrogens is 393 g/mol. The van der Waals surface area contributed by atoms with Gasteiger partial charge >= 0.3 is 11.9 Å². The third kappa shape index (κ3) is 5.45. The third-order valence-corrected chi connectivity index (χ3v) is 4.45. The van der Waals surface area contributed by atoms with Crippen molar-refractivity contribution in [2.24, 2.45) is 0 Å². The monoisotopic (exact) mass is 409 g/mol. The first-order chi connectivity index (χ1) is 12.8. The Kier molecular flexibility index (Phi) is 7.21. The van der Waals surface area contributed by atoms with E-state index in [1.807, 2.05) is 0 Å². The minimum atomic E-state index is -0.785. The van der Waals surface area contributed by atoms with Crippen LogP contribution in [0.5, 0.6) is 0 Å². The lowest BCUT2D eigenvalue weighted by Gasteiger charge is -2.17. The molecule has 2 rings (SSSR count). The summed E-state index contributed by atoms with van der Waals surface area (Å²) in [6.45, 7) is -0.196. The van der Waals surface area contributed by atoms with Crippen molar-refractivity contribution in [2.75, 3.05) is 20.8 Å². The van der Waals surface area contributed by atoms with Crippen LogP contribution in [-0.2, 0) is 20.8 Å². The van der Waals surface area contributed by atoms with E-state index in [2.05, 4.69) is 4.74 Å². The Morgan fingerprint density at radius 2 is 1.59 bits per heavy atom. The molecule has 0 aliphatic heterocycles. The van der Waals surface area contributed by atoms with E-state index in [1.165, 1.54) is 24.1 Å². The van der Waals surface area contributed by atoms with E-state index in [4.69, 9.17) is 27.9 Å². The Morgan fingerprint density at radius 1 is 0.963 bits per heavy atom. The normalized spacial score (nSPS) is 10.2. The van der Waals surface area contributed by atoms with Crippen molar-refractivity contribution in [3.05, 3.63) is 69.2 Å². The number of benzene rings is 2. The summed E-state index contributed by atoms with van der Waals surface area (Å²) in [6.07, 6.45) is 0. The Hall–Kier alpha value is -2.57. The molecule has 0 saturated carbocycles. The van der Waals surface area contributed by atoms with Crippen molar-refractivity contribution >= 4 is 41.0 Å². The predicted octanol–water partition coefficient (Wildman–Crippen LogP) is 3.60. The number of ether oxygens (including phenoxy) is 2. The summed E-state index contributed by atoms with van der Waals surface area (Å²) in [4.78, 5) is 37.5. The van der Waals surface area contributed by atoms with Crippen LogP contribution in [0.4, 0.5) is 0 Å². The number of esters is 2. The van der Waals surface area contributed by atoms with Gasteiger partial charge in [0.25, 0.3) is 5.91 Å². The molecule has 0 unspecified atom stereocenters. The molecule has 0 atom stereocenters. The second kappa shape index (κ2) is 9.39. The largest absolute Gasteiger partial charge is 0.465 e. The Morgan fingerprint density at radius 3 is 2.19 bits per heavy atom. The van der Waals surface area contributed by atoms with Gasteiger partial charge in [0.2, 0.25) is 0 Å². The highest BCUT2D eigenvalue weighted by molar-refractivity contribution is 6.42. The SMILES string of the molecule is COC(=O)c1ccccc1C(=O)OCC(=O)N(C)Cc1ccc(Cl)c(Cl)c1. The fraction of sp³-hybridized carbons (Fsp3) is 0.211. The number of nitrogens with zero attached hydrogens (tertiary/aromatic N) is 1. The summed E-state index contributed by atoms with van der Waals surface area (Å²) >= 11 is 11.8. The summed E-state index contributed by atoms with van der Waals surface area (Å²) in [6, 6.07) is 11.1. The molecule has 0 heterocycles. The first-order valence-corrected chi connectivity index (χ1v) is 8.61. The topological polar surface area (TPSA) is 72.9 Å². The van der Waals surface area contributed by atoms with E-state index < -0.39 is 24.5 Å². The number of methoxy groups -OCH3 is 1. The molecule has 0 spiro atoms. The standard InChI is InChI=1S/C19H17Cl2NO5/c1-22(10-12-7-8-15(20)16(21)9-12)17(23)11-27-19(25)14-6-4-3-5-13(14)18(24)26-2/h3-9H,10-11H2,1-2H3. The Bertz CT molecular complexity index is 869. The van der Waals surface area contributed by atoms with Crippen LogP contribution in [-0.4, -0.2) is 43.5 Å². The first kappa shape index (κ1) is 20.7. The average Bonchev–Trinajstić information content (AvgIpc) is 2.67. The molecule has 0 aliphatic rings. The van der Waals surface area contributed by atoms with Gasteiger partial charge in [-0.25, -0.2) is 9.59 Å². The summed E-state index contributed by atoms with van der Waals surface area (Å²) in [5, 5.41) is 0.813. The highest BCUT2D eigenvalue weighted by atomic mass is 35.5. The van der Waals surface area contributed by atoms with E-state index in [9.17, 15) is 14.4 Å². The summed E-state index contributed by atoms with van der Waals surface area (Å²) in [5.74, 6) is -1.86. The molecule has 27 heavy (non-hydrogen) atoms. The predicted molar refractivity (Wildman–Crippen MR) is 101 cm³/mol. The van der Waals surface area contributed by atoms with Crippen LogP contribution in [0.3, 0.4) is 0 Å². The zero-order valence-corrected chi connectivity index (χ0v) is 16.2. The zero-order chi connectivity index (χ0) is 20.0. The van der Waals surface area contributed by atoms with Crippen molar-refractivity contribution in [3.8, 4) is 0 Å². The van der Waals surface area contributed by atoms with Crippen LogP contribution < -0.4 is 0 Å². The smallest absolute Gasteiger partial charge is 0.339 e. The van der Waals surface area contributed by atoms with Crippen LogP contribution in [0.25, 0.3) is 0 Å². The molecule has 0 aliphatic carbocycles. The molecule has 0 aromatic heterocycles. The van der Waals surface area contributed by atoms with E-state index in [0.29, 0.717) is 10.0 Å². The van der Waals surface area contributed by atoms with Crippen molar-refractivity contribution < 1.29 is 23.9 Å². The fourth-order valence-corrected chi connectivity index (χ4v) is 2.59. The van der Waals surface area contributed by atoms with Gasteiger partial charge in [0.05, 0.1) is 28.3 Å². The number of carbonyl (C=O) groups excluding carboxylic acids is 3. The number of amides is 1. The maximum atomic E-state index is 12.2. The Labute approximate surface area is 166 Å². The Balaban J connectivity index is 1.97. The lowest BCUT2D eigenvalue weighted by molar-refractivity contribution is -0.133. The third-order valence-electron chi connectivity index (χ3n) is 3.71. The summed E-state index contributed by atoms with van der Waals surface area (Å²) in [7, 11) is 2.78. The molecule has 0 bridgehead atoms. The van der Waals surface area contributed by atoms with Crippen molar-refractivity contribution in [3.63, 3.8) is 0 Å². The fourth-order valence-electron chi connectivity index (χ4n) is 2.26. The minimum Gasteiger partial charge on any atom is -0.465 e. The van der Waals surface area contributed by atoms with E-state index in [1.54, 1.807) is 37.4 Å². The first-order valence-electron chi connectivity index (χ1n) is 7.86. The van der Waals surface area contributed by atoms with Gasteiger partial charge in [-0.2, -0.15) is 0 Å². The number of rotatable bonds is 6. The number of hydrogen-bond acceptors (Lipinski definition) is 5. The van der Waals surface area contributed by atoms with Gasteiger partial charge in [-0.15, -0.1) is 0 Å². The van der Waals surface area contributed by atoms with Gasteiger partial charge in [0, 0.05) is 13.6 Å². The second-order valence-corrected chi connectivity index (χ2v) is 6.43. The van der Waals surface area contributed by atoms with Crippen LogP contribution in [0.15, 0.2) is 42.5 Å². The van der Waals surface area contributed by atoms with E-state index in [-0.39, 0.29) is 17.7 Å². The average molecular weight is 410 g/mol. The summed E-state index contributed by atoms with van der Waals surface area (Å²) in [5.41, 5.74) is 0.883. The van der Waals surface area contributed by atoms with Crippen LogP contribution in [0.1, 0.15) is 26.3 Å². The molecule has 2 aromatic rings. The van der Waals surface area contributed by atoms with Crippen LogP contribution in [0.2, 0.25) is 10.0 Å². The molecule has 142 valence electrons. The van der Waals surface area contributed by atoms with E-state index in [0.717, 1.165) is 5.56 Å². The molecule has 0 N–H and O–H groups in total. The molecule has 6 nitrogen and oxygen atoms in total. The molecular formula is C19H17Cl2NO5. The highest BCUT2D eigenvalue weighted by Gasteiger charge is 2.20. The van der Waals surface area contributed by atoms with Gasteiger partial charge in [-0.3, -0.25) is 4.79 Å². The lowest BCUT2D eigenvalue weighted by Crippen LogP contribution is -2.31. The quantitative estimate of drug-likeness (QED) is 0.681.